The Labute approximate surface area is 381 Å². The summed E-state index contributed by atoms with van der Waals surface area (Å²) in [4.78, 5) is 34.7. The summed E-state index contributed by atoms with van der Waals surface area (Å²) in [5, 5.41) is 30.7. The normalized spacial score (nSPS) is 10.5. The first-order chi connectivity index (χ1) is 28.8. The molecule has 0 aliphatic carbocycles. The second-order valence-electron chi connectivity index (χ2n) is 11.6. The van der Waals surface area contributed by atoms with Gasteiger partial charge in [0.05, 0.1) is 17.2 Å². The summed E-state index contributed by atoms with van der Waals surface area (Å²) in [5.41, 5.74) is 2.98. The number of halogens is 2. The molecular formula is C34H32Cl2Cu2N16O9. The predicted octanol–water partition coefficient (Wildman–Crippen LogP) is -6.64. The number of hydrogen-bond acceptors (Lipinski definition) is 20. The number of pyridine rings is 4. The van der Waals surface area contributed by atoms with E-state index in [0.29, 0.717) is 34.9 Å². The third kappa shape index (κ3) is 20.4. The zero-order valence-electron chi connectivity index (χ0n) is 31.9. The van der Waals surface area contributed by atoms with Gasteiger partial charge in [0.25, 0.3) is 0 Å². The fourth-order valence-electron chi connectivity index (χ4n) is 4.82. The van der Waals surface area contributed by atoms with E-state index in [-0.39, 0.29) is 39.6 Å². The van der Waals surface area contributed by atoms with E-state index >= 15 is 0 Å². The van der Waals surface area contributed by atoms with E-state index in [2.05, 4.69) is 80.7 Å². The second-order valence-corrected chi connectivity index (χ2v) is 13.1. The Hall–Kier alpha value is -5.58. The SMILES string of the molecule is O.[Cu+2].[Cu+2].[O-][Cl+3]([O-])([O-])[O-].[O-][Cl+3]([O-])([O-])[O-].c1ccc(-c2n[n-]c(CCCc3nc(-c4ccccn4)n[nH]3)n2)nc1.c1ccc(-c2n[nH]c(CCCc3n[n-]c(-c4ccccn4)n3)n2)nc1. The van der Waals surface area contributed by atoms with Crippen molar-refractivity contribution in [3.8, 4) is 46.1 Å². The molecule has 8 aromatic rings. The summed E-state index contributed by atoms with van der Waals surface area (Å²) in [7, 11) is -9.89. The van der Waals surface area contributed by atoms with Crippen molar-refractivity contribution in [1.82, 2.24) is 80.7 Å². The maximum absolute atomic E-state index is 8.49. The smallest absolute Gasteiger partial charge is 0.421 e. The molecule has 0 aliphatic rings. The second kappa shape index (κ2) is 26.8. The van der Waals surface area contributed by atoms with Gasteiger partial charge in [0.1, 0.15) is 23.0 Å². The van der Waals surface area contributed by atoms with E-state index in [1.807, 2.05) is 72.8 Å². The Balaban J connectivity index is 0.000000344. The Morgan fingerprint density at radius 2 is 0.873 bits per heavy atom. The van der Waals surface area contributed by atoms with Crippen LogP contribution >= 0.6 is 0 Å². The first-order valence-electron chi connectivity index (χ1n) is 17.2. The molecule has 0 aromatic carbocycles. The van der Waals surface area contributed by atoms with Gasteiger partial charge in [0, 0.05) is 43.5 Å². The van der Waals surface area contributed by atoms with Gasteiger partial charge in [-0.2, -0.15) is 10.2 Å². The average Bonchev–Trinajstić information content (AvgIpc) is 4.07. The summed E-state index contributed by atoms with van der Waals surface area (Å²) in [6.07, 6.45) is 11.5. The van der Waals surface area contributed by atoms with Crippen LogP contribution in [0.15, 0.2) is 97.6 Å². The standard InChI is InChI=1S/2C17H15N8.2ClHO4.2Cu.H2O/c2*1-3-10-18-12(6-1)16-20-14(22-24-16)8-5-9-15-21-17(25-23-15)13-7-2-4-11-19-13;2*2-1(3,4)5;;;/h2*1-4,6-7,10-11H,5,8-9H2,(H-,20,21,22,23,24,25);2*(H,2,3,4,5);;;1H2/q2*-1;;;2*+2;/p-2. The van der Waals surface area contributed by atoms with Gasteiger partial charge in [-0.3, -0.25) is 40.3 Å². The van der Waals surface area contributed by atoms with E-state index in [0.717, 1.165) is 72.9 Å². The molecule has 338 valence electrons. The van der Waals surface area contributed by atoms with Crippen molar-refractivity contribution in [1.29, 1.82) is 0 Å². The van der Waals surface area contributed by atoms with Gasteiger partial charge in [0.2, 0.25) is 0 Å². The molecule has 25 nitrogen and oxygen atoms in total. The molecule has 0 fully saturated rings. The van der Waals surface area contributed by atoms with Crippen LogP contribution in [0.2, 0.25) is 0 Å². The maximum Gasteiger partial charge on any atom is 2.00 e. The monoisotopic (exact) mass is 1000 g/mol. The molecule has 4 N–H and O–H groups in total. The molecule has 8 heterocycles. The van der Waals surface area contributed by atoms with Gasteiger partial charge < -0.3 is 25.6 Å². The van der Waals surface area contributed by atoms with Gasteiger partial charge in [-0.25, -0.2) is 47.2 Å². The van der Waals surface area contributed by atoms with E-state index in [1.54, 1.807) is 24.8 Å². The topological polar surface area (TPSA) is 430 Å². The van der Waals surface area contributed by atoms with Crippen molar-refractivity contribution in [2.75, 3.05) is 0 Å². The van der Waals surface area contributed by atoms with Crippen molar-refractivity contribution in [3.63, 3.8) is 0 Å². The average molecular weight is 1010 g/mol. The number of aromatic nitrogens is 16. The molecule has 2 radical (unpaired) electrons. The Bertz CT molecular complexity index is 2090. The number of aryl methyl sites for hydroxylation is 4. The van der Waals surface area contributed by atoms with Gasteiger partial charge in [-0.1, -0.05) is 30.1 Å². The molecule has 0 unspecified atom stereocenters. The summed E-state index contributed by atoms with van der Waals surface area (Å²) >= 11 is 0. The van der Waals surface area contributed by atoms with E-state index in [4.69, 9.17) is 37.3 Å². The van der Waals surface area contributed by atoms with Crippen LogP contribution in [0.25, 0.3) is 46.1 Å². The van der Waals surface area contributed by atoms with Crippen LogP contribution in [-0.2, 0) is 59.8 Å². The van der Waals surface area contributed by atoms with Crippen LogP contribution in [0.1, 0.15) is 36.1 Å². The third-order valence-electron chi connectivity index (χ3n) is 7.26. The van der Waals surface area contributed by atoms with Crippen LogP contribution in [0.3, 0.4) is 0 Å². The fraction of sp³-hybridized carbons (Fsp3) is 0.176. The molecule has 8 rings (SSSR count). The number of nitrogens with zero attached hydrogens (tertiary/aromatic N) is 14. The summed E-state index contributed by atoms with van der Waals surface area (Å²) in [5.74, 6) is 5.42. The first kappa shape index (κ1) is 53.6. The number of rotatable bonds is 12. The maximum atomic E-state index is 8.49. The fourth-order valence-corrected chi connectivity index (χ4v) is 4.82. The molecule has 0 spiro atoms. The molecule has 0 amide bonds. The van der Waals surface area contributed by atoms with E-state index < -0.39 is 20.5 Å². The summed E-state index contributed by atoms with van der Waals surface area (Å²) < 4.78 is 67.9. The molecule has 0 bridgehead atoms. The molecule has 0 saturated carbocycles. The molecular weight excluding hydrogens is 974 g/mol. The van der Waals surface area contributed by atoms with Crippen molar-refractivity contribution in [2.24, 2.45) is 0 Å². The zero-order chi connectivity index (χ0) is 42.8. The Morgan fingerprint density at radius 1 is 0.460 bits per heavy atom. The molecule has 0 saturated heterocycles. The van der Waals surface area contributed by atoms with E-state index in [9.17, 15) is 0 Å². The molecule has 0 atom stereocenters. The van der Waals surface area contributed by atoms with Crippen molar-refractivity contribution in [2.45, 2.75) is 38.5 Å². The van der Waals surface area contributed by atoms with Crippen LogP contribution in [0.4, 0.5) is 0 Å². The number of hydrogen-bond donors (Lipinski definition) is 2. The minimum atomic E-state index is -4.94. The van der Waals surface area contributed by atoms with Crippen molar-refractivity contribution >= 4 is 0 Å². The van der Waals surface area contributed by atoms with Crippen LogP contribution < -0.4 is 47.5 Å². The van der Waals surface area contributed by atoms with Gasteiger partial charge in [0.15, 0.2) is 11.6 Å². The molecule has 63 heavy (non-hydrogen) atoms. The first-order valence-corrected chi connectivity index (χ1v) is 19.7. The third-order valence-corrected chi connectivity index (χ3v) is 7.26. The number of H-pyrrole nitrogens is 2. The van der Waals surface area contributed by atoms with Crippen LogP contribution in [-0.4, -0.2) is 75.9 Å². The van der Waals surface area contributed by atoms with Gasteiger partial charge in [-0.05, 0) is 80.0 Å². The molecule has 8 aromatic heterocycles. The minimum Gasteiger partial charge on any atom is -0.421 e. The summed E-state index contributed by atoms with van der Waals surface area (Å²) in [6, 6.07) is 22.6. The Morgan fingerprint density at radius 3 is 1.30 bits per heavy atom. The quantitative estimate of drug-likeness (QED) is 0.107. The molecule has 0 aliphatic heterocycles. The predicted molar refractivity (Wildman–Crippen MR) is 184 cm³/mol. The molecule has 29 heteroatoms. The Kier molecular flexibility index (Phi) is 22.8. The van der Waals surface area contributed by atoms with Crippen molar-refractivity contribution < 1.29 is 97.4 Å². The van der Waals surface area contributed by atoms with Crippen LogP contribution in [0.5, 0.6) is 0 Å². The van der Waals surface area contributed by atoms with Crippen molar-refractivity contribution in [3.05, 3.63) is 121 Å². The zero-order valence-corrected chi connectivity index (χ0v) is 35.3. The number of nitrogens with one attached hydrogen (secondary N) is 2. The summed E-state index contributed by atoms with van der Waals surface area (Å²) in [6.45, 7) is 0. The largest absolute Gasteiger partial charge is 2.00 e. The van der Waals surface area contributed by atoms with Crippen LogP contribution in [0, 0.1) is 20.5 Å². The van der Waals surface area contributed by atoms with Gasteiger partial charge in [-0.15, -0.1) is 20.5 Å². The number of aromatic amines is 2. The minimum absolute atomic E-state index is 0. The van der Waals surface area contributed by atoms with E-state index in [1.165, 1.54) is 0 Å². The van der Waals surface area contributed by atoms with Gasteiger partial charge >= 0.3 is 34.1 Å².